The molecular weight excluding hydrogens is 511 g/mol. The van der Waals surface area contributed by atoms with Crippen LogP contribution in [0.2, 0.25) is 36.3 Å². The predicted molar refractivity (Wildman–Crippen MR) is 174 cm³/mol. The fraction of sp³-hybridized carbons (Fsp3) is 0.529. The highest BCUT2D eigenvalue weighted by Gasteiger charge is 2.46. The first-order valence-corrected chi connectivity index (χ1v) is 20.1. The van der Waals surface area contributed by atoms with Crippen LogP contribution in [-0.4, -0.2) is 39.8 Å². The van der Waals surface area contributed by atoms with Gasteiger partial charge in [0.2, 0.25) is 0 Å². The minimum atomic E-state index is -2.15. The average molecular weight is 564 g/mol. The van der Waals surface area contributed by atoms with Gasteiger partial charge < -0.3 is 8.85 Å². The zero-order valence-electron chi connectivity index (χ0n) is 26.3. The molecule has 214 valence electrons. The number of hydrogen-bond donors (Lipinski definition) is 0. The number of rotatable bonds is 13. The topological polar surface area (TPSA) is 21.7 Å². The van der Waals surface area contributed by atoms with Crippen molar-refractivity contribution in [3.8, 4) is 12.3 Å². The molecule has 0 aliphatic heterocycles. The number of benzene rings is 2. The molecule has 0 aliphatic rings. The fourth-order valence-corrected chi connectivity index (χ4v) is 6.84. The van der Waals surface area contributed by atoms with Gasteiger partial charge in [0.15, 0.2) is 16.6 Å². The van der Waals surface area contributed by atoms with E-state index >= 15 is 0 Å². The smallest absolute Gasteiger partial charge is 0.192 e. The Morgan fingerprint density at radius 3 is 1.56 bits per heavy atom. The van der Waals surface area contributed by atoms with Gasteiger partial charge in [0.1, 0.15) is 0 Å². The molecule has 0 heterocycles. The largest absolute Gasteiger partial charge is 0.411 e. The van der Waals surface area contributed by atoms with Gasteiger partial charge in [-0.2, -0.15) is 0 Å². The Hall–Kier alpha value is -1.95. The Balaban J connectivity index is 2.70. The lowest BCUT2D eigenvalue weighted by molar-refractivity contribution is -0.00640. The quantitative estimate of drug-likeness (QED) is 0.138. The van der Waals surface area contributed by atoms with Crippen molar-refractivity contribution in [1.82, 2.24) is 4.90 Å². The Kier molecular flexibility index (Phi) is 11.6. The first-order valence-electron chi connectivity index (χ1n) is 14.3. The Morgan fingerprint density at radius 1 is 0.795 bits per heavy atom. The Bertz CT molecular complexity index is 1020. The highest BCUT2D eigenvalue weighted by Crippen LogP contribution is 2.41. The molecular formula is C34H53NO2Si2. The SMILES string of the molecule is C#CC[C@@H](O[Si](C)(C)C(C)(C)C)[C@@H]([C@@H](C=C)O[Si](C)(C)C(C)(C)C)N(Cc1ccccc1)Cc1ccccc1. The van der Waals surface area contributed by atoms with Gasteiger partial charge in [-0.3, -0.25) is 4.90 Å². The van der Waals surface area contributed by atoms with E-state index in [9.17, 15) is 0 Å². The van der Waals surface area contributed by atoms with Crippen LogP contribution in [0, 0.1) is 12.3 Å². The second kappa shape index (κ2) is 13.6. The summed E-state index contributed by atoms with van der Waals surface area (Å²) in [6, 6.07) is 21.2. The van der Waals surface area contributed by atoms with Crippen LogP contribution in [0.15, 0.2) is 73.3 Å². The standard InChI is InChI=1S/C34H53NO2Si2/c1-13-21-31(37-39(11,12)34(6,7)8)32(30(14-2)36-38(9,10)33(3,4)5)35(26-28-22-17-15-18-23-28)27-29-24-19-16-20-25-29/h1,14-20,22-25,30-32H,2,21,26-27H2,3-12H3/t30-,31-,32-/m1/s1. The van der Waals surface area contributed by atoms with E-state index < -0.39 is 16.6 Å². The third kappa shape index (κ3) is 9.30. The zero-order valence-corrected chi connectivity index (χ0v) is 28.3. The van der Waals surface area contributed by atoms with E-state index in [2.05, 4.69) is 146 Å². The molecule has 5 heteroatoms. The van der Waals surface area contributed by atoms with E-state index in [0.717, 1.165) is 13.1 Å². The molecule has 2 aromatic carbocycles. The molecule has 0 fully saturated rings. The summed E-state index contributed by atoms with van der Waals surface area (Å²) in [4.78, 5) is 2.51. The minimum absolute atomic E-state index is 0.0536. The fourth-order valence-electron chi connectivity index (χ4n) is 4.23. The van der Waals surface area contributed by atoms with Crippen LogP contribution >= 0.6 is 0 Å². The van der Waals surface area contributed by atoms with E-state index in [1.807, 2.05) is 6.08 Å². The van der Waals surface area contributed by atoms with Crippen molar-refractivity contribution in [2.45, 2.75) is 116 Å². The number of hydrogen-bond acceptors (Lipinski definition) is 3. The first-order chi connectivity index (χ1) is 18.0. The van der Waals surface area contributed by atoms with Gasteiger partial charge in [0, 0.05) is 19.5 Å². The molecule has 2 rings (SSSR count). The molecule has 0 amide bonds. The summed E-state index contributed by atoms with van der Waals surface area (Å²) < 4.78 is 14.3. The maximum absolute atomic E-state index is 7.19. The number of terminal acetylenes is 1. The van der Waals surface area contributed by atoms with E-state index in [-0.39, 0.29) is 28.3 Å². The van der Waals surface area contributed by atoms with Crippen LogP contribution in [0.3, 0.4) is 0 Å². The highest BCUT2D eigenvalue weighted by atomic mass is 28.4. The summed E-state index contributed by atoms with van der Waals surface area (Å²) in [5, 5.41) is 0.114. The van der Waals surface area contributed by atoms with Crippen LogP contribution in [0.1, 0.15) is 59.1 Å². The van der Waals surface area contributed by atoms with Gasteiger partial charge in [-0.05, 0) is 47.4 Å². The highest BCUT2D eigenvalue weighted by molar-refractivity contribution is 6.74. The van der Waals surface area contributed by atoms with Crippen molar-refractivity contribution in [3.63, 3.8) is 0 Å². The van der Waals surface area contributed by atoms with Crippen molar-refractivity contribution in [3.05, 3.63) is 84.4 Å². The maximum atomic E-state index is 7.19. The summed E-state index contributed by atoms with van der Waals surface area (Å²) in [7, 11) is -4.29. The summed E-state index contributed by atoms with van der Waals surface area (Å²) >= 11 is 0. The van der Waals surface area contributed by atoms with Crippen LogP contribution in [-0.2, 0) is 21.9 Å². The number of nitrogens with zero attached hydrogens (tertiary/aromatic N) is 1. The van der Waals surface area contributed by atoms with E-state index in [0.29, 0.717) is 6.42 Å². The normalized spacial score (nSPS) is 15.4. The maximum Gasteiger partial charge on any atom is 0.192 e. The van der Waals surface area contributed by atoms with Gasteiger partial charge >= 0.3 is 0 Å². The van der Waals surface area contributed by atoms with Crippen LogP contribution < -0.4 is 0 Å². The zero-order chi connectivity index (χ0) is 29.5. The summed E-state index contributed by atoms with van der Waals surface area (Å²) in [5.41, 5.74) is 2.50. The van der Waals surface area contributed by atoms with E-state index in [1.54, 1.807) is 0 Å². The molecule has 3 nitrogen and oxygen atoms in total. The van der Waals surface area contributed by atoms with Gasteiger partial charge in [-0.25, -0.2) is 0 Å². The molecule has 3 atom stereocenters. The third-order valence-corrected chi connectivity index (χ3v) is 17.6. The molecule has 0 N–H and O–H groups in total. The molecule has 0 unspecified atom stereocenters. The molecule has 39 heavy (non-hydrogen) atoms. The van der Waals surface area contributed by atoms with Crippen molar-refractivity contribution < 1.29 is 8.85 Å². The van der Waals surface area contributed by atoms with E-state index in [1.165, 1.54) is 11.1 Å². The first kappa shape index (κ1) is 33.3. The second-order valence-corrected chi connectivity index (χ2v) is 23.3. The van der Waals surface area contributed by atoms with Crippen LogP contribution in [0.25, 0.3) is 0 Å². The minimum Gasteiger partial charge on any atom is -0.411 e. The lowest BCUT2D eigenvalue weighted by atomic mass is 9.98. The van der Waals surface area contributed by atoms with Gasteiger partial charge in [0.05, 0.1) is 18.2 Å². The summed E-state index contributed by atoms with van der Waals surface area (Å²) in [6.45, 7) is 28.8. The monoisotopic (exact) mass is 563 g/mol. The molecule has 0 saturated heterocycles. The van der Waals surface area contributed by atoms with Crippen molar-refractivity contribution >= 4 is 16.6 Å². The van der Waals surface area contributed by atoms with E-state index in [4.69, 9.17) is 15.3 Å². The molecule has 0 radical (unpaired) electrons. The van der Waals surface area contributed by atoms with Crippen LogP contribution in [0.4, 0.5) is 0 Å². The lowest BCUT2D eigenvalue weighted by Crippen LogP contribution is -2.58. The molecule has 2 aromatic rings. The summed E-state index contributed by atoms with van der Waals surface area (Å²) in [5.74, 6) is 2.97. The second-order valence-electron chi connectivity index (χ2n) is 13.8. The molecule has 0 saturated carbocycles. The van der Waals surface area contributed by atoms with Crippen LogP contribution in [0.5, 0.6) is 0 Å². The average Bonchev–Trinajstić information content (AvgIpc) is 2.83. The van der Waals surface area contributed by atoms with Gasteiger partial charge in [-0.1, -0.05) is 108 Å². The molecule has 0 aliphatic carbocycles. The lowest BCUT2D eigenvalue weighted by Gasteiger charge is -2.48. The van der Waals surface area contributed by atoms with Gasteiger partial charge in [0.25, 0.3) is 0 Å². The van der Waals surface area contributed by atoms with Gasteiger partial charge in [-0.15, -0.1) is 18.9 Å². The Labute approximate surface area is 242 Å². The molecule has 0 bridgehead atoms. The van der Waals surface area contributed by atoms with Crippen molar-refractivity contribution in [2.24, 2.45) is 0 Å². The summed E-state index contributed by atoms with van der Waals surface area (Å²) in [6.07, 6.45) is 8.12. The predicted octanol–water partition coefficient (Wildman–Crippen LogP) is 9.05. The Morgan fingerprint density at radius 2 is 1.21 bits per heavy atom. The molecule has 0 spiro atoms. The molecule has 0 aromatic heterocycles. The van der Waals surface area contributed by atoms with Crippen molar-refractivity contribution in [1.29, 1.82) is 0 Å². The van der Waals surface area contributed by atoms with Crippen molar-refractivity contribution in [2.75, 3.05) is 0 Å². The third-order valence-electron chi connectivity index (χ3n) is 8.64.